The number of nitrogens with one attached hydrogen (secondary N) is 1. The minimum atomic E-state index is 0.835. The third-order valence-corrected chi connectivity index (χ3v) is 1.84. The lowest BCUT2D eigenvalue weighted by molar-refractivity contribution is 0.847. The van der Waals surface area contributed by atoms with Crippen molar-refractivity contribution in [2.45, 2.75) is 19.9 Å². The van der Waals surface area contributed by atoms with E-state index in [1.165, 1.54) is 5.56 Å². The van der Waals surface area contributed by atoms with Crippen molar-refractivity contribution in [3.8, 4) is 0 Å². The Kier molecular flexibility index (Phi) is 3.89. The molecule has 3 N–H and O–H groups in total. The standard InChI is InChI=1S/C11H16N2/c1-2-11(12)9-13-8-10-6-4-3-5-7-10/h3-7,9,13H,2,8,12H2,1H3/b11-9-. The summed E-state index contributed by atoms with van der Waals surface area (Å²) >= 11 is 0. The minimum Gasteiger partial charge on any atom is -0.401 e. The van der Waals surface area contributed by atoms with Crippen LogP contribution in [0.2, 0.25) is 0 Å². The Labute approximate surface area is 79.5 Å². The van der Waals surface area contributed by atoms with Gasteiger partial charge in [-0.1, -0.05) is 37.3 Å². The third-order valence-electron chi connectivity index (χ3n) is 1.84. The lowest BCUT2D eigenvalue weighted by atomic mass is 10.2. The molecule has 0 bridgehead atoms. The SMILES string of the molecule is CC/C(N)=C/NCc1ccccc1. The molecule has 0 heterocycles. The smallest absolute Gasteiger partial charge is 0.0395 e. The van der Waals surface area contributed by atoms with E-state index in [1.54, 1.807) is 0 Å². The first-order valence-corrected chi connectivity index (χ1v) is 4.54. The second kappa shape index (κ2) is 5.25. The molecule has 70 valence electrons. The van der Waals surface area contributed by atoms with Crippen LogP contribution in [0.4, 0.5) is 0 Å². The molecule has 0 atom stereocenters. The van der Waals surface area contributed by atoms with Gasteiger partial charge in [0.2, 0.25) is 0 Å². The van der Waals surface area contributed by atoms with Crippen LogP contribution in [0.25, 0.3) is 0 Å². The van der Waals surface area contributed by atoms with E-state index in [0.29, 0.717) is 0 Å². The molecule has 0 fully saturated rings. The molecule has 0 aliphatic heterocycles. The maximum Gasteiger partial charge on any atom is 0.0395 e. The Morgan fingerprint density at radius 3 is 2.69 bits per heavy atom. The second-order valence-corrected chi connectivity index (χ2v) is 2.94. The molecule has 1 rings (SSSR count). The highest BCUT2D eigenvalue weighted by atomic mass is 14.8. The largest absolute Gasteiger partial charge is 0.401 e. The van der Waals surface area contributed by atoms with Gasteiger partial charge in [0.15, 0.2) is 0 Å². The van der Waals surface area contributed by atoms with Crippen molar-refractivity contribution in [2.75, 3.05) is 0 Å². The lowest BCUT2D eigenvalue weighted by Crippen LogP contribution is -2.08. The molecule has 0 spiro atoms. The predicted octanol–water partition coefficient (Wildman–Crippen LogP) is 1.99. The van der Waals surface area contributed by atoms with Crippen LogP contribution >= 0.6 is 0 Å². The van der Waals surface area contributed by atoms with Crippen LogP contribution in [0.3, 0.4) is 0 Å². The quantitative estimate of drug-likeness (QED) is 0.736. The van der Waals surface area contributed by atoms with Crippen molar-refractivity contribution >= 4 is 0 Å². The Morgan fingerprint density at radius 2 is 2.08 bits per heavy atom. The predicted molar refractivity (Wildman–Crippen MR) is 55.8 cm³/mol. The topological polar surface area (TPSA) is 38.0 Å². The molecule has 2 heteroatoms. The second-order valence-electron chi connectivity index (χ2n) is 2.94. The van der Waals surface area contributed by atoms with Crippen LogP contribution < -0.4 is 11.1 Å². The Morgan fingerprint density at radius 1 is 1.38 bits per heavy atom. The molecule has 0 saturated carbocycles. The highest BCUT2D eigenvalue weighted by Crippen LogP contribution is 1.97. The van der Waals surface area contributed by atoms with E-state index in [-0.39, 0.29) is 0 Å². The molecule has 0 aliphatic rings. The van der Waals surface area contributed by atoms with Gasteiger partial charge in [0.05, 0.1) is 0 Å². The maximum atomic E-state index is 5.64. The average Bonchev–Trinajstić information content (AvgIpc) is 2.19. The van der Waals surface area contributed by atoms with E-state index in [9.17, 15) is 0 Å². The fourth-order valence-electron chi connectivity index (χ4n) is 0.998. The molecule has 0 amide bonds. The summed E-state index contributed by atoms with van der Waals surface area (Å²) in [5.74, 6) is 0. The van der Waals surface area contributed by atoms with Crippen molar-refractivity contribution in [2.24, 2.45) is 5.73 Å². The number of benzene rings is 1. The fourth-order valence-corrected chi connectivity index (χ4v) is 0.998. The molecule has 13 heavy (non-hydrogen) atoms. The molecule has 1 aromatic rings. The highest BCUT2D eigenvalue weighted by Gasteiger charge is 1.87. The molecule has 0 aliphatic carbocycles. The highest BCUT2D eigenvalue weighted by molar-refractivity contribution is 5.14. The van der Waals surface area contributed by atoms with Crippen LogP contribution in [0.15, 0.2) is 42.2 Å². The summed E-state index contributed by atoms with van der Waals surface area (Å²) in [6.07, 6.45) is 2.76. The van der Waals surface area contributed by atoms with E-state index < -0.39 is 0 Å². The Hall–Kier alpha value is -1.44. The number of hydrogen-bond acceptors (Lipinski definition) is 2. The molecular formula is C11H16N2. The van der Waals surface area contributed by atoms with Crippen molar-refractivity contribution in [3.05, 3.63) is 47.8 Å². The first-order chi connectivity index (χ1) is 6.33. The number of nitrogens with two attached hydrogens (primary N) is 1. The van der Waals surface area contributed by atoms with Gasteiger partial charge in [-0.2, -0.15) is 0 Å². The van der Waals surface area contributed by atoms with Gasteiger partial charge in [-0.05, 0) is 12.0 Å². The maximum absolute atomic E-state index is 5.64. The summed E-state index contributed by atoms with van der Waals surface area (Å²) in [6.45, 7) is 2.87. The van der Waals surface area contributed by atoms with E-state index in [4.69, 9.17) is 5.73 Å². The minimum absolute atomic E-state index is 0.835. The van der Waals surface area contributed by atoms with Gasteiger partial charge >= 0.3 is 0 Å². The number of allylic oxidation sites excluding steroid dienone is 1. The monoisotopic (exact) mass is 176 g/mol. The summed E-state index contributed by atoms with van der Waals surface area (Å²) in [6, 6.07) is 10.2. The van der Waals surface area contributed by atoms with Crippen LogP contribution in [-0.4, -0.2) is 0 Å². The van der Waals surface area contributed by atoms with Gasteiger partial charge in [-0.15, -0.1) is 0 Å². The summed E-state index contributed by atoms with van der Waals surface area (Å²) in [5.41, 5.74) is 7.79. The van der Waals surface area contributed by atoms with E-state index in [0.717, 1.165) is 18.7 Å². The zero-order chi connectivity index (χ0) is 9.52. The van der Waals surface area contributed by atoms with Crippen LogP contribution in [0.1, 0.15) is 18.9 Å². The Balaban J connectivity index is 2.36. The third kappa shape index (κ3) is 3.65. The Bertz CT molecular complexity index is 265. The summed E-state index contributed by atoms with van der Waals surface area (Å²) in [7, 11) is 0. The van der Waals surface area contributed by atoms with E-state index in [2.05, 4.69) is 17.4 Å². The van der Waals surface area contributed by atoms with Gasteiger partial charge in [-0.3, -0.25) is 0 Å². The van der Waals surface area contributed by atoms with Crippen molar-refractivity contribution in [1.29, 1.82) is 0 Å². The van der Waals surface area contributed by atoms with Crippen LogP contribution in [-0.2, 0) is 6.54 Å². The first kappa shape index (κ1) is 9.65. The van der Waals surface area contributed by atoms with Crippen molar-refractivity contribution in [3.63, 3.8) is 0 Å². The molecule has 0 aromatic heterocycles. The van der Waals surface area contributed by atoms with Gasteiger partial charge in [0, 0.05) is 18.4 Å². The lowest BCUT2D eigenvalue weighted by Gasteiger charge is -2.02. The molecule has 2 nitrogen and oxygen atoms in total. The van der Waals surface area contributed by atoms with E-state index >= 15 is 0 Å². The zero-order valence-corrected chi connectivity index (χ0v) is 7.96. The summed E-state index contributed by atoms with van der Waals surface area (Å²) < 4.78 is 0. The van der Waals surface area contributed by atoms with Gasteiger partial charge < -0.3 is 11.1 Å². The number of rotatable bonds is 4. The van der Waals surface area contributed by atoms with Crippen LogP contribution in [0, 0.1) is 0 Å². The van der Waals surface area contributed by atoms with Gasteiger partial charge in [0.25, 0.3) is 0 Å². The van der Waals surface area contributed by atoms with Gasteiger partial charge in [0.1, 0.15) is 0 Å². The van der Waals surface area contributed by atoms with E-state index in [1.807, 2.05) is 31.3 Å². The van der Waals surface area contributed by atoms with Crippen molar-refractivity contribution in [1.82, 2.24) is 5.32 Å². The number of hydrogen-bond donors (Lipinski definition) is 2. The van der Waals surface area contributed by atoms with Crippen LogP contribution in [0.5, 0.6) is 0 Å². The summed E-state index contributed by atoms with van der Waals surface area (Å²) in [4.78, 5) is 0. The average molecular weight is 176 g/mol. The summed E-state index contributed by atoms with van der Waals surface area (Å²) in [5, 5.41) is 3.17. The zero-order valence-electron chi connectivity index (χ0n) is 7.96. The van der Waals surface area contributed by atoms with Gasteiger partial charge in [-0.25, -0.2) is 0 Å². The molecule has 0 radical (unpaired) electrons. The first-order valence-electron chi connectivity index (χ1n) is 4.54. The van der Waals surface area contributed by atoms with Crippen molar-refractivity contribution < 1.29 is 0 Å². The normalized spacial score (nSPS) is 11.3. The molecule has 1 aromatic carbocycles. The molecular weight excluding hydrogens is 160 g/mol. The molecule has 0 saturated heterocycles. The fraction of sp³-hybridized carbons (Fsp3) is 0.273. The molecule has 0 unspecified atom stereocenters.